The summed E-state index contributed by atoms with van der Waals surface area (Å²) in [6.45, 7) is 18.6. The molecule has 0 spiro atoms. The first-order valence-electron chi connectivity index (χ1n) is 18.5. The summed E-state index contributed by atoms with van der Waals surface area (Å²) < 4.78 is 3.95. The topological polar surface area (TPSA) is 95.9 Å². The second-order valence-corrected chi connectivity index (χ2v) is 16.7. The van der Waals surface area contributed by atoms with E-state index in [9.17, 15) is 0 Å². The molecule has 0 aliphatic rings. The molecule has 3 aromatic carbocycles. The van der Waals surface area contributed by atoms with E-state index in [4.69, 9.17) is 20.4 Å². The first-order valence-corrected chi connectivity index (χ1v) is 20.2. The highest BCUT2D eigenvalue weighted by Crippen LogP contribution is 2.32. The Morgan fingerprint density at radius 2 is 0.833 bits per heavy atom. The molecule has 0 unspecified atom stereocenters. The van der Waals surface area contributed by atoms with Gasteiger partial charge in [0, 0.05) is 74.9 Å². The Morgan fingerprint density at radius 3 is 1.13 bits per heavy atom. The molecule has 2 aromatic heterocycles. The third-order valence-corrected chi connectivity index (χ3v) is 10.8. The highest BCUT2D eigenvalue weighted by atomic mass is 32.1. The predicted molar refractivity (Wildman–Crippen MR) is 225 cm³/mol. The van der Waals surface area contributed by atoms with Crippen molar-refractivity contribution in [2.75, 3.05) is 47.8 Å². The molecule has 0 radical (unpaired) electrons. The third-order valence-electron chi connectivity index (χ3n) is 8.88. The zero-order valence-electron chi connectivity index (χ0n) is 33.8. The molecule has 0 bridgehead atoms. The van der Waals surface area contributed by atoms with E-state index in [1.165, 1.54) is 0 Å². The Kier molecular flexibility index (Phi) is 13.5. The summed E-state index contributed by atoms with van der Waals surface area (Å²) in [6, 6.07) is 25.7. The fourth-order valence-corrected chi connectivity index (χ4v) is 8.51. The van der Waals surface area contributed by atoms with Crippen molar-refractivity contribution in [2.24, 2.45) is 20.5 Å². The van der Waals surface area contributed by atoms with Crippen LogP contribution >= 0.6 is 22.7 Å². The van der Waals surface area contributed by atoms with Gasteiger partial charge in [-0.2, -0.15) is 0 Å². The lowest BCUT2D eigenvalue weighted by Crippen LogP contribution is -2.42. The van der Waals surface area contributed by atoms with Crippen LogP contribution < -0.4 is 29.0 Å². The molecular formula is C40H56N12S2+2. The van der Waals surface area contributed by atoms with Crippen molar-refractivity contribution in [3.63, 3.8) is 0 Å². The smallest absolute Gasteiger partial charge is 0.378 e. The molecule has 0 saturated heterocycles. The maximum atomic E-state index is 5.15. The summed E-state index contributed by atoms with van der Waals surface area (Å²) in [5.41, 5.74) is 6.02. The number of azo groups is 2. The van der Waals surface area contributed by atoms with E-state index >= 15 is 0 Å². The summed E-state index contributed by atoms with van der Waals surface area (Å²) in [4.78, 5) is 8.79. The van der Waals surface area contributed by atoms with Crippen molar-refractivity contribution in [1.29, 1.82) is 0 Å². The molecule has 0 amide bonds. The van der Waals surface area contributed by atoms with Crippen LogP contribution in [0.15, 0.2) is 93.3 Å². The Balaban J connectivity index is 1.52. The van der Waals surface area contributed by atoms with Crippen LogP contribution in [0.1, 0.15) is 66.5 Å². The van der Waals surface area contributed by atoms with Crippen molar-refractivity contribution < 1.29 is 9.36 Å². The van der Waals surface area contributed by atoms with Gasteiger partial charge in [0.25, 0.3) is 0 Å². The fourth-order valence-electron chi connectivity index (χ4n) is 6.26. The van der Waals surface area contributed by atoms with E-state index in [1.807, 2.05) is 86.1 Å². The number of benzene rings is 3. The van der Waals surface area contributed by atoms with E-state index in [1.54, 1.807) is 22.7 Å². The summed E-state index contributed by atoms with van der Waals surface area (Å²) in [5, 5.41) is 32.4. The minimum absolute atomic E-state index is 0.269. The van der Waals surface area contributed by atoms with Gasteiger partial charge in [-0.25, -0.2) is 0 Å². The Hall–Kier alpha value is -4.82. The SMILES string of the molecule is CC(C)N(c1n[n+](Cc2ccccc2C[n+]2nc(N(C(C)C)C(C)C)sc2N=Nc2ccc(N(C)C)cc2)c(N=Nc2ccc(N(C)C)cc2)s1)C(C)C. The van der Waals surface area contributed by atoms with Crippen LogP contribution in [0.2, 0.25) is 0 Å². The van der Waals surface area contributed by atoms with E-state index in [0.29, 0.717) is 13.1 Å². The molecule has 0 aliphatic heterocycles. The molecule has 54 heavy (non-hydrogen) atoms. The lowest BCUT2D eigenvalue weighted by atomic mass is 10.1. The number of nitrogens with zero attached hydrogens (tertiary/aromatic N) is 12. The summed E-state index contributed by atoms with van der Waals surface area (Å²) in [5.74, 6) is 0. The Labute approximate surface area is 329 Å². The number of hydrogen-bond donors (Lipinski definition) is 0. The molecule has 5 rings (SSSR count). The van der Waals surface area contributed by atoms with Gasteiger partial charge in [0.05, 0.1) is 10.2 Å². The van der Waals surface area contributed by atoms with Crippen molar-refractivity contribution in [2.45, 2.75) is 92.6 Å². The first-order chi connectivity index (χ1) is 25.7. The number of anilines is 4. The Bertz CT molecular complexity index is 1850. The zero-order chi connectivity index (χ0) is 39.1. The average Bonchev–Trinajstić information content (AvgIpc) is 3.69. The minimum atomic E-state index is 0.269. The summed E-state index contributed by atoms with van der Waals surface area (Å²) in [6.07, 6.45) is 0. The Morgan fingerprint density at radius 1 is 0.500 bits per heavy atom. The van der Waals surface area contributed by atoms with Gasteiger partial charge in [-0.15, -0.1) is 9.36 Å². The molecule has 5 aromatic rings. The zero-order valence-corrected chi connectivity index (χ0v) is 35.5. The molecule has 0 saturated carbocycles. The molecule has 14 heteroatoms. The van der Waals surface area contributed by atoms with Crippen LogP contribution in [-0.2, 0) is 13.1 Å². The molecule has 0 atom stereocenters. The predicted octanol–water partition coefficient (Wildman–Crippen LogP) is 9.48. The number of rotatable bonds is 16. The van der Waals surface area contributed by atoms with E-state index in [-0.39, 0.29) is 24.2 Å². The van der Waals surface area contributed by atoms with Crippen LogP contribution in [0.4, 0.5) is 43.3 Å². The molecule has 12 nitrogen and oxygen atoms in total. The van der Waals surface area contributed by atoms with Gasteiger partial charge in [-0.3, -0.25) is 0 Å². The molecule has 2 heterocycles. The van der Waals surface area contributed by atoms with Crippen LogP contribution in [-0.4, -0.2) is 62.6 Å². The van der Waals surface area contributed by atoms with Crippen LogP contribution in [0.3, 0.4) is 0 Å². The van der Waals surface area contributed by atoms with E-state index in [2.05, 4.69) is 109 Å². The second kappa shape index (κ2) is 18.0. The standard InChI is InChI=1S/C40H56N12S2/c1-27(2)51(28(3)4)39-45-49(37(53-39)43-41-33-17-21-35(22-18-33)47(9)10)25-31-15-13-14-16-32(31)26-50-38(54-40(46-50)52(29(5)6)30(7)8)44-42-34-19-23-36(24-20-34)48(11)12/h13-24,27-30H,25-26H2,1-12H3/q+2. The van der Waals surface area contributed by atoms with Crippen molar-refractivity contribution >= 4 is 65.9 Å². The van der Waals surface area contributed by atoms with Gasteiger partial charge in [0.2, 0.25) is 10.3 Å². The van der Waals surface area contributed by atoms with Gasteiger partial charge in [-0.1, -0.05) is 34.5 Å². The highest BCUT2D eigenvalue weighted by molar-refractivity contribution is 7.18. The molecule has 0 N–H and O–H groups in total. The van der Waals surface area contributed by atoms with Gasteiger partial charge < -0.3 is 19.6 Å². The van der Waals surface area contributed by atoms with E-state index < -0.39 is 0 Å². The molecule has 0 fully saturated rings. The quantitative estimate of drug-likeness (QED) is 0.0734. The van der Waals surface area contributed by atoms with Gasteiger partial charge in [0.1, 0.15) is 24.5 Å². The summed E-state index contributed by atoms with van der Waals surface area (Å²) in [7, 11) is 8.11. The molecule has 0 aliphatic carbocycles. The van der Waals surface area contributed by atoms with Crippen molar-refractivity contribution in [3.8, 4) is 0 Å². The van der Waals surface area contributed by atoms with Crippen molar-refractivity contribution in [1.82, 2.24) is 10.2 Å². The molecular weight excluding hydrogens is 713 g/mol. The molecule has 286 valence electrons. The van der Waals surface area contributed by atoms with E-state index in [0.717, 1.165) is 54.4 Å². The first kappa shape index (κ1) is 40.4. The number of aromatic nitrogens is 4. The normalized spacial score (nSPS) is 12.0. The lowest BCUT2D eigenvalue weighted by Gasteiger charge is -2.29. The maximum Gasteiger partial charge on any atom is 0.432 e. The monoisotopic (exact) mass is 768 g/mol. The van der Waals surface area contributed by atoms with Crippen LogP contribution in [0.25, 0.3) is 0 Å². The van der Waals surface area contributed by atoms with Gasteiger partial charge in [-0.05, 0) is 137 Å². The minimum Gasteiger partial charge on any atom is -0.378 e. The fraction of sp³-hybridized carbons (Fsp3) is 0.450. The average molecular weight is 769 g/mol. The van der Waals surface area contributed by atoms with Gasteiger partial charge in [0.15, 0.2) is 0 Å². The maximum absolute atomic E-state index is 5.15. The van der Waals surface area contributed by atoms with Crippen LogP contribution in [0, 0.1) is 0 Å². The van der Waals surface area contributed by atoms with Crippen molar-refractivity contribution in [3.05, 3.63) is 83.9 Å². The summed E-state index contributed by atoms with van der Waals surface area (Å²) >= 11 is 3.12. The third kappa shape index (κ3) is 10.0. The largest absolute Gasteiger partial charge is 0.432 e. The lowest BCUT2D eigenvalue weighted by molar-refractivity contribution is -0.733. The second-order valence-electron chi connectivity index (χ2n) is 14.8. The number of hydrogen-bond acceptors (Lipinski definition) is 12. The van der Waals surface area contributed by atoms with Gasteiger partial charge >= 0.3 is 10.3 Å². The highest BCUT2D eigenvalue weighted by Gasteiger charge is 2.29. The van der Waals surface area contributed by atoms with Crippen LogP contribution in [0.5, 0.6) is 0 Å².